The number of hydrogen-bond acceptors (Lipinski definition) is 3. The Bertz CT molecular complexity index is 602. The molecule has 0 heterocycles. The minimum Gasteiger partial charge on any atom is -0.355 e. The molecule has 0 aromatic heterocycles. The van der Waals surface area contributed by atoms with Crippen molar-refractivity contribution in [2.45, 2.75) is 26.7 Å². The average Bonchev–Trinajstić information content (AvgIpc) is 2.38. The van der Waals surface area contributed by atoms with E-state index in [0.29, 0.717) is 17.3 Å². The monoisotopic (exact) mass is 332 g/mol. The van der Waals surface area contributed by atoms with Crippen molar-refractivity contribution in [2.75, 3.05) is 23.7 Å². The first-order valence-corrected chi connectivity index (χ1v) is 8.99. The predicted octanol–water partition coefficient (Wildman–Crippen LogP) is 2.33. The molecule has 0 unspecified atom stereocenters. The van der Waals surface area contributed by atoms with Gasteiger partial charge in [-0.3, -0.25) is 9.10 Å². The zero-order valence-corrected chi connectivity index (χ0v) is 14.1. The number of aryl methyl sites for hydroxylation is 1. The van der Waals surface area contributed by atoms with Crippen LogP contribution >= 0.6 is 11.6 Å². The Balaban J connectivity index is 2.97. The topological polar surface area (TPSA) is 66.5 Å². The molecule has 7 heteroatoms. The summed E-state index contributed by atoms with van der Waals surface area (Å²) in [5.41, 5.74) is 1.17. The maximum atomic E-state index is 12.0. The molecule has 118 valence electrons. The molecular weight excluding hydrogens is 312 g/mol. The maximum Gasteiger partial charge on any atom is 0.240 e. The molecule has 0 spiro atoms. The Kier molecular flexibility index (Phi) is 6.48. The maximum absolute atomic E-state index is 12.0. The van der Waals surface area contributed by atoms with E-state index in [1.807, 2.05) is 6.92 Å². The van der Waals surface area contributed by atoms with Crippen LogP contribution in [0.4, 0.5) is 5.69 Å². The summed E-state index contributed by atoms with van der Waals surface area (Å²) in [5, 5.41) is 3.14. The number of hydrogen-bond donors (Lipinski definition) is 1. The van der Waals surface area contributed by atoms with Crippen LogP contribution in [0.1, 0.15) is 25.3 Å². The molecule has 1 aromatic rings. The van der Waals surface area contributed by atoms with Crippen LogP contribution < -0.4 is 9.62 Å². The molecule has 1 aromatic carbocycles. The summed E-state index contributed by atoms with van der Waals surface area (Å²) in [7, 11) is -3.57. The molecule has 1 N–H and O–H groups in total. The zero-order chi connectivity index (χ0) is 16.0. The number of halogens is 1. The average molecular weight is 333 g/mol. The molecule has 0 saturated carbocycles. The van der Waals surface area contributed by atoms with Crippen molar-refractivity contribution < 1.29 is 13.2 Å². The Hall–Kier alpha value is -1.27. The van der Waals surface area contributed by atoms with Crippen molar-refractivity contribution in [1.82, 2.24) is 5.32 Å². The summed E-state index contributed by atoms with van der Waals surface area (Å²) in [6, 6.07) is 4.96. The number of amides is 1. The Morgan fingerprint density at radius 2 is 2.05 bits per heavy atom. The van der Waals surface area contributed by atoms with Crippen molar-refractivity contribution in [1.29, 1.82) is 0 Å². The molecule has 21 heavy (non-hydrogen) atoms. The van der Waals surface area contributed by atoms with Crippen molar-refractivity contribution in [3.8, 4) is 0 Å². The van der Waals surface area contributed by atoms with Gasteiger partial charge in [0, 0.05) is 11.6 Å². The number of nitrogens with one attached hydrogen (secondary N) is 1. The van der Waals surface area contributed by atoms with Gasteiger partial charge in [-0.25, -0.2) is 8.42 Å². The summed E-state index contributed by atoms with van der Waals surface area (Å²) < 4.78 is 25.0. The lowest BCUT2D eigenvalue weighted by Gasteiger charge is -2.23. The van der Waals surface area contributed by atoms with Gasteiger partial charge in [0.2, 0.25) is 15.9 Å². The SMILES string of the molecule is CCCCNC(=O)CN(c1cc(Cl)ccc1C)S(C)(=O)=O. The molecule has 0 fully saturated rings. The molecule has 0 radical (unpaired) electrons. The second-order valence-electron chi connectivity index (χ2n) is 4.90. The van der Waals surface area contributed by atoms with Crippen molar-refractivity contribution in [2.24, 2.45) is 0 Å². The molecule has 1 rings (SSSR count). The molecule has 0 saturated heterocycles. The predicted molar refractivity (Wildman–Crippen MR) is 86.3 cm³/mol. The number of unbranched alkanes of at least 4 members (excludes halogenated alkanes) is 1. The second-order valence-corrected chi connectivity index (χ2v) is 7.25. The third-order valence-electron chi connectivity index (χ3n) is 2.98. The standard InChI is InChI=1S/C14H21ClN2O3S/c1-4-5-8-16-14(18)10-17(21(3,19)20)13-9-12(15)7-6-11(13)2/h6-7,9H,4-5,8,10H2,1-3H3,(H,16,18). The van der Waals surface area contributed by atoms with E-state index in [2.05, 4.69) is 5.32 Å². The van der Waals surface area contributed by atoms with E-state index in [1.165, 1.54) is 0 Å². The highest BCUT2D eigenvalue weighted by molar-refractivity contribution is 7.92. The Labute approximate surface area is 131 Å². The fourth-order valence-electron chi connectivity index (χ4n) is 1.82. The molecule has 0 atom stereocenters. The minimum atomic E-state index is -3.57. The lowest BCUT2D eigenvalue weighted by Crippen LogP contribution is -2.41. The molecule has 0 aliphatic rings. The van der Waals surface area contributed by atoms with Gasteiger partial charge in [0.05, 0.1) is 11.9 Å². The van der Waals surface area contributed by atoms with Gasteiger partial charge in [-0.15, -0.1) is 0 Å². The number of rotatable bonds is 7. The first-order valence-electron chi connectivity index (χ1n) is 6.76. The Morgan fingerprint density at radius 3 is 2.62 bits per heavy atom. The smallest absolute Gasteiger partial charge is 0.240 e. The van der Waals surface area contributed by atoms with E-state index in [-0.39, 0.29) is 12.5 Å². The van der Waals surface area contributed by atoms with Gasteiger partial charge >= 0.3 is 0 Å². The van der Waals surface area contributed by atoms with Gasteiger partial charge in [0.1, 0.15) is 6.54 Å². The van der Waals surface area contributed by atoms with E-state index >= 15 is 0 Å². The minimum absolute atomic E-state index is 0.246. The summed E-state index contributed by atoms with van der Waals surface area (Å²) in [6.45, 7) is 4.09. The van der Waals surface area contributed by atoms with Gasteiger partial charge in [-0.1, -0.05) is 31.0 Å². The summed E-state index contributed by atoms with van der Waals surface area (Å²) in [4.78, 5) is 11.9. The van der Waals surface area contributed by atoms with Gasteiger partial charge in [-0.05, 0) is 31.0 Å². The normalized spacial score (nSPS) is 11.2. The molecular formula is C14H21ClN2O3S. The molecule has 0 aliphatic heterocycles. The molecule has 5 nitrogen and oxygen atoms in total. The van der Waals surface area contributed by atoms with E-state index in [9.17, 15) is 13.2 Å². The van der Waals surface area contributed by atoms with Crippen LogP contribution in [0.5, 0.6) is 0 Å². The Morgan fingerprint density at radius 1 is 1.38 bits per heavy atom. The van der Waals surface area contributed by atoms with Crippen LogP contribution in [0.25, 0.3) is 0 Å². The number of benzene rings is 1. The summed E-state index contributed by atoms with van der Waals surface area (Å²) >= 11 is 5.93. The van der Waals surface area contributed by atoms with Crippen LogP contribution in [0, 0.1) is 6.92 Å². The van der Waals surface area contributed by atoms with Gasteiger partial charge in [0.25, 0.3) is 0 Å². The molecule has 0 bridgehead atoms. The zero-order valence-electron chi connectivity index (χ0n) is 12.5. The summed E-state index contributed by atoms with van der Waals surface area (Å²) in [5.74, 6) is -0.326. The van der Waals surface area contributed by atoms with E-state index in [1.54, 1.807) is 25.1 Å². The van der Waals surface area contributed by atoms with Crippen LogP contribution in [0.15, 0.2) is 18.2 Å². The van der Waals surface area contributed by atoms with Gasteiger partial charge in [0.15, 0.2) is 0 Å². The highest BCUT2D eigenvalue weighted by Crippen LogP contribution is 2.26. The lowest BCUT2D eigenvalue weighted by molar-refractivity contribution is -0.119. The molecule has 0 aliphatic carbocycles. The quantitative estimate of drug-likeness (QED) is 0.779. The number of anilines is 1. The van der Waals surface area contributed by atoms with Crippen molar-refractivity contribution in [3.05, 3.63) is 28.8 Å². The van der Waals surface area contributed by atoms with Crippen molar-refractivity contribution in [3.63, 3.8) is 0 Å². The van der Waals surface area contributed by atoms with Gasteiger partial charge < -0.3 is 5.32 Å². The number of carbonyl (C=O) groups excluding carboxylic acids is 1. The first-order chi connectivity index (χ1) is 9.75. The lowest BCUT2D eigenvalue weighted by atomic mass is 10.2. The fraction of sp³-hybridized carbons (Fsp3) is 0.500. The van der Waals surface area contributed by atoms with E-state index < -0.39 is 10.0 Å². The number of nitrogens with zero attached hydrogens (tertiary/aromatic N) is 1. The highest BCUT2D eigenvalue weighted by Gasteiger charge is 2.22. The van der Waals surface area contributed by atoms with Crippen LogP contribution in [-0.2, 0) is 14.8 Å². The van der Waals surface area contributed by atoms with Crippen LogP contribution in [-0.4, -0.2) is 33.7 Å². The van der Waals surface area contributed by atoms with E-state index in [4.69, 9.17) is 11.6 Å². The number of carbonyl (C=O) groups is 1. The highest BCUT2D eigenvalue weighted by atomic mass is 35.5. The second kappa shape index (κ2) is 7.66. The molecule has 1 amide bonds. The third-order valence-corrected chi connectivity index (χ3v) is 4.34. The first kappa shape index (κ1) is 17.8. The third kappa shape index (κ3) is 5.55. The summed E-state index contributed by atoms with van der Waals surface area (Å²) in [6.07, 6.45) is 2.90. The van der Waals surface area contributed by atoms with Crippen LogP contribution in [0.2, 0.25) is 5.02 Å². The number of sulfonamides is 1. The largest absolute Gasteiger partial charge is 0.355 e. The fourth-order valence-corrected chi connectivity index (χ4v) is 2.90. The van der Waals surface area contributed by atoms with E-state index in [0.717, 1.165) is 29.0 Å². The van der Waals surface area contributed by atoms with Crippen molar-refractivity contribution >= 4 is 33.2 Å². The van der Waals surface area contributed by atoms with Gasteiger partial charge in [-0.2, -0.15) is 0 Å². The van der Waals surface area contributed by atoms with Crippen LogP contribution in [0.3, 0.4) is 0 Å².